The van der Waals surface area contributed by atoms with Gasteiger partial charge in [-0.3, -0.25) is 4.79 Å². The number of carbonyl (C=O) groups excluding carboxylic acids is 1. The second-order valence-electron chi connectivity index (χ2n) is 5.87. The maximum atomic E-state index is 12.3. The molecule has 2 heterocycles. The summed E-state index contributed by atoms with van der Waals surface area (Å²) < 4.78 is 10.3. The molecule has 7 heteroatoms. The smallest absolute Gasteiger partial charge is 0.273 e. The van der Waals surface area contributed by atoms with Gasteiger partial charge in [-0.1, -0.05) is 19.0 Å². The Balaban J connectivity index is 0.00000242. The summed E-state index contributed by atoms with van der Waals surface area (Å²) in [7, 11) is 0. The summed E-state index contributed by atoms with van der Waals surface area (Å²) in [6, 6.07) is 5.04. The predicted octanol–water partition coefficient (Wildman–Crippen LogP) is 2.85. The van der Waals surface area contributed by atoms with Crippen LogP contribution in [0.2, 0.25) is 0 Å². The van der Waals surface area contributed by atoms with Crippen LogP contribution in [0.5, 0.6) is 0 Å². The molecule has 0 aliphatic rings. The second-order valence-corrected chi connectivity index (χ2v) is 5.87. The van der Waals surface area contributed by atoms with Crippen LogP contribution in [0.3, 0.4) is 0 Å². The molecule has 1 amide bonds. The zero-order valence-electron chi connectivity index (χ0n) is 13.0. The van der Waals surface area contributed by atoms with Crippen molar-refractivity contribution < 1.29 is 13.7 Å². The number of rotatable bonds is 6. The fraction of sp³-hybridized carbons (Fsp3) is 0.467. The maximum Gasteiger partial charge on any atom is 0.273 e. The SMILES string of the molecule is CC(C)CC(C)(CN)NC(=O)c1cc(-c2ccco2)on1.Cl. The van der Waals surface area contributed by atoms with E-state index in [2.05, 4.69) is 24.3 Å². The van der Waals surface area contributed by atoms with Crippen molar-refractivity contribution in [1.29, 1.82) is 0 Å². The minimum Gasteiger partial charge on any atom is -0.461 e. The lowest BCUT2D eigenvalue weighted by Gasteiger charge is -2.30. The van der Waals surface area contributed by atoms with Gasteiger partial charge in [0.05, 0.1) is 11.8 Å². The standard InChI is InChI=1S/C15H21N3O3.ClH/c1-10(2)8-15(3,9-16)17-14(19)11-7-13(21-18-11)12-5-4-6-20-12;/h4-7,10H,8-9,16H2,1-3H3,(H,17,19);1H. The third-order valence-electron chi connectivity index (χ3n) is 3.23. The Labute approximate surface area is 135 Å². The number of hydrogen-bond acceptors (Lipinski definition) is 5. The topological polar surface area (TPSA) is 94.3 Å². The monoisotopic (exact) mass is 327 g/mol. The molecule has 2 aromatic heterocycles. The number of aromatic nitrogens is 1. The number of amides is 1. The van der Waals surface area contributed by atoms with E-state index in [9.17, 15) is 4.79 Å². The van der Waals surface area contributed by atoms with Gasteiger partial charge in [-0.2, -0.15) is 0 Å². The first kappa shape index (κ1) is 18.3. The van der Waals surface area contributed by atoms with E-state index >= 15 is 0 Å². The zero-order chi connectivity index (χ0) is 15.5. The summed E-state index contributed by atoms with van der Waals surface area (Å²) >= 11 is 0. The average Bonchev–Trinajstić information content (AvgIpc) is 3.08. The van der Waals surface area contributed by atoms with Gasteiger partial charge in [0, 0.05) is 12.6 Å². The number of nitrogens with two attached hydrogens (primary N) is 1. The molecule has 1 atom stereocenters. The molecule has 2 aromatic rings. The lowest BCUT2D eigenvalue weighted by Crippen LogP contribution is -2.52. The fourth-order valence-electron chi connectivity index (χ4n) is 2.34. The lowest BCUT2D eigenvalue weighted by molar-refractivity contribution is 0.0889. The van der Waals surface area contributed by atoms with Crippen molar-refractivity contribution in [2.24, 2.45) is 11.7 Å². The van der Waals surface area contributed by atoms with E-state index in [1.807, 2.05) is 6.92 Å². The number of halogens is 1. The number of nitrogens with zero attached hydrogens (tertiary/aromatic N) is 1. The van der Waals surface area contributed by atoms with Crippen LogP contribution in [-0.2, 0) is 0 Å². The van der Waals surface area contributed by atoms with Crippen LogP contribution in [0.25, 0.3) is 11.5 Å². The zero-order valence-corrected chi connectivity index (χ0v) is 13.8. The minimum atomic E-state index is -0.463. The molecule has 0 spiro atoms. The average molecular weight is 328 g/mol. The molecule has 0 aromatic carbocycles. The molecule has 0 saturated heterocycles. The second kappa shape index (κ2) is 7.47. The van der Waals surface area contributed by atoms with Crippen LogP contribution in [0.1, 0.15) is 37.7 Å². The molecule has 0 aliphatic carbocycles. The Bertz CT molecular complexity index is 595. The van der Waals surface area contributed by atoms with E-state index in [-0.39, 0.29) is 24.0 Å². The van der Waals surface area contributed by atoms with Crippen molar-refractivity contribution in [2.75, 3.05) is 6.54 Å². The summed E-state index contributed by atoms with van der Waals surface area (Å²) in [5, 5.41) is 6.71. The van der Waals surface area contributed by atoms with Gasteiger partial charge in [0.15, 0.2) is 11.5 Å². The molecule has 1 unspecified atom stereocenters. The number of hydrogen-bond donors (Lipinski definition) is 2. The molecule has 122 valence electrons. The van der Waals surface area contributed by atoms with E-state index in [1.165, 1.54) is 6.26 Å². The molecule has 6 nitrogen and oxygen atoms in total. The number of carbonyl (C=O) groups is 1. The predicted molar refractivity (Wildman–Crippen MR) is 85.8 cm³/mol. The molecule has 0 saturated carbocycles. The van der Waals surface area contributed by atoms with E-state index < -0.39 is 5.54 Å². The van der Waals surface area contributed by atoms with Gasteiger partial charge >= 0.3 is 0 Å². The highest BCUT2D eigenvalue weighted by molar-refractivity contribution is 5.93. The number of nitrogens with one attached hydrogen (secondary N) is 1. The van der Waals surface area contributed by atoms with Crippen LogP contribution in [0, 0.1) is 5.92 Å². The Morgan fingerprint density at radius 2 is 2.18 bits per heavy atom. The molecule has 0 radical (unpaired) electrons. The van der Waals surface area contributed by atoms with Crippen molar-refractivity contribution in [2.45, 2.75) is 32.7 Å². The minimum absolute atomic E-state index is 0. The van der Waals surface area contributed by atoms with Gasteiger partial charge < -0.3 is 20.0 Å². The summed E-state index contributed by atoms with van der Waals surface area (Å²) in [5.74, 6) is 1.08. The number of furan rings is 1. The highest BCUT2D eigenvalue weighted by atomic mass is 35.5. The molecule has 3 N–H and O–H groups in total. The van der Waals surface area contributed by atoms with Crippen LogP contribution in [0.4, 0.5) is 0 Å². The summed E-state index contributed by atoms with van der Waals surface area (Å²) in [5.41, 5.74) is 5.54. The van der Waals surface area contributed by atoms with Crippen molar-refractivity contribution >= 4 is 18.3 Å². The Kier molecular flexibility index (Phi) is 6.20. The normalized spacial score (nSPS) is 13.5. The van der Waals surface area contributed by atoms with Crippen LogP contribution in [0.15, 0.2) is 33.4 Å². The van der Waals surface area contributed by atoms with Gasteiger partial charge in [-0.25, -0.2) is 0 Å². The fourth-order valence-corrected chi connectivity index (χ4v) is 2.34. The molecule has 0 aliphatic heterocycles. The van der Waals surface area contributed by atoms with E-state index in [0.717, 1.165) is 6.42 Å². The van der Waals surface area contributed by atoms with Gasteiger partial charge in [0.2, 0.25) is 5.76 Å². The maximum absolute atomic E-state index is 12.3. The molecule has 22 heavy (non-hydrogen) atoms. The summed E-state index contributed by atoms with van der Waals surface area (Å²) in [6.07, 6.45) is 2.32. The van der Waals surface area contributed by atoms with Gasteiger partial charge in [0.25, 0.3) is 5.91 Å². The van der Waals surface area contributed by atoms with E-state index in [4.69, 9.17) is 14.7 Å². The van der Waals surface area contributed by atoms with Crippen molar-refractivity contribution in [3.8, 4) is 11.5 Å². The highest BCUT2D eigenvalue weighted by Gasteiger charge is 2.27. The van der Waals surface area contributed by atoms with Crippen LogP contribution < -0.4 is 11.1 Å². The molecular formula is C15H22ClN3O3. The first-order chi connectivity index (χ1) is 9.93. The Hall–Kier alpha value is -1.79. The summed E-state index contributed by atoms with van der Waals surface area (Å²) in [4.78, 5) is 12.3. The summed E-state index contributed by atoms with van der Waals surface area (Å²) in [6.45, 7) is 6.47. The van der Waals surface area contributed by atoms with Crippen molar-refractivity contribution in [3.05, 3.63) is 30.2 Å². The Morgan fingerprint density at radius 3 is 2.73 bits per heavy atom. The van der Waals surface area contributed by atoms with Crippen LogP contribution in [-0.4, -0.2) is 23.1 Å². The third-order valence-corrected chi connectivity index (χ3v) is 3.23. The highest BCUT2D eigenvalue weighted by Crippen LogP contribution is 2.21. The molecular weight excluding hydrogens is 306 g/mol. The van der Waals surface area contributed by atoms with Gasteiger partial charge in [-0.05, 0) is 31.4 Å². The first-order valence-electron chi connectivity index (χ1n) is 6.97. The molecule has 0 fully saturated rings. The van der Waals surface area contributed by atoms with Gasteiger partial charge in [-0.15, -0.1) is 12.4 Å². The van der Waals surface area contributed by atoms with Crippen molar-refractivity contribution in [3.63, 3.8) is 0 Å². The lowest BCUT2D eigenvalue weighted by atomic mass is 9.90. The van der Waals surface area contributed by atoms with E-state index in [0.29, 0.717) is 24.0 Å². The molecule has 0 bridgehead atoms. The van der Waals surface area contributed by atoms with Gasteiger partial charge in [0.1, 0.15) is 0 Å². The third kappa shape index (κ3) is 4.35. The van der Waals surface area contributed by atoms with Crippen LogP contribution >= 0.6 is 12.4 Å². The van der Waals surface area contributed by atoms with Crippen molar-refractivity contribution in [1.82, 2.24) is 10.5 Å². The largest absolute Gasteiger partial charge is 0.461 e. The Morgan fingerprint density at radius 1 is 1.45 bits per heavy atom. The quantitative estimate of drug-likeness (QED) is 0.850. The van der Waals surface area contributed by atoms with E-state index in [1.54, 1.807) is 18.2 Å². The molecule has 2 rings (SSSR count). The first-order valence-corrected chi connectivity index (χ1v) is 6.97.